The zero-order valence-corrected chi connectivity index (χ0v) is 13.0. The van der Waals surface area contributed by atoms with Gasteiger partial charge in [0, 0.05) is 30.8 Å². The largest absolute Gasteiger partial charge is 0.493 e. The molecule has 1 aromatic heterocycles. The van der Waals surface area contributed by atoms with Gasteiger partial charge in [-0.15, -0.1) is 0 Å². The third kappa shape index (κ3) is 2.73. The van der Waals surface area contributed by atoms with E-state index in [4.69, 9.17) is 15.2 Å². The monoisotopic (exact) mass is 315 g/mol. The van der Waals surface area contributed by atoms with Crippen LogP contribution >= 0.6 is 0 Å². The molecule has 1 heterocycles. The molecular formula is C17H18FN3O2. The Balaban J connectivity index is 2.27. The Morgan fingerprint density at radius 2 is 1.87 bits per heavy atom. The van der Waals surface area contributed by atoms with Crippen molar-refractivity contribution in [3.8, 4) is 22.9 Å². The zero-order valence-electron chi connectivity index (χ0n) is 13.0. The number of benzene rings is 2. The van der Waals surface area contributed by atoms with Crippen LogP contribution in [0.4, 0.5) is 4.39 Å². The summed E-state index contributed by atoms with van der Waals surface area (Å²) in [5, 5.41) is 0. The van der Waals surface area contributed by atoms with Gasteiger partial charge >= 0.3 is 0 Å². The molecule has 5 nitrogen and oxygen atoms in total. The first-order valence-electron chi connectivity index (χ1n) is 7.26. The number of imidazole rings is 1. The fourth-order valence-corrected chi connectivity index (χ4v) is 2.66. The quantitative estimate of drug-likeness (QED) is 0.786. The van der Waals surface area contributed by atoms with Gasteiger partial charge in [-0.2, -0.15) is 0 Å². The van der Waals surface area contributed by atoms with Crippen molar-refractivity contribution in [2.75, 3.05) is 20.8 Å². The Morgan fingerprint density at radius 1 is 1.13 bits per heavy atom. The van der Waals surface area contributed by atoms with Crippen LogP contribution in [0.5, 0.6) is 11.5 Å². The van der Waals surface area contributed by atoms with Crippen molar-refractivity contribution < 1.29 is 13.9 Å². The van der Waals surface area contributed by atoms with Gasteiger partial charge < -0.3 is 19.8 Å². The van der Waals surface area contributed by atoms with Gasteiger partial charge in [-0.1, -0.05) is 12.1 Å². The summed E-state index contributed by atoms with van der Waals surface area (Å²) in [4.78, 5) is 4.63. The van der Waals surface area contributed by atoms with Crippen LogP contribution in [0.3, 0.4) is 0 Å². The highest BCUT2D eigenvalue weighted by atomic mass is 19.1. The Morgan fingerprint density at radius 3 is 2.52 bits per heavy atom. The molecule has 23 heavy (non-hydrogen) atoms. The number of aromatic nitrogens is 2. The molecule has 0 spiro atoms. The minimum Gasteiger partial charge on any atom is -0.493 e. The first-order chi connectivity index (χ1) is 11.2. The highest BCUT2D eigenvalue weighted by Crippen LogP contribution is 2.34. The van der Waals surface area contributed by atoms with E-state index in [0.717, 1.165) is 11.0 Å². The lowest BCUT2D eigenvalue weighted by Crippen LogP contribution is -2.11. The average molecular weight is 315 g/mol. The lowest BCUT2D eigenvalue weighted by Gasteiger charge is -2.10. The van der Waals surface area contributed by atoms with Crippen molar-refractivity contribution in [1.29, 1.82) is 0 Å². The Kier molecular flexibility index (Phi) is 4.16. The van der Waals surface area contributed by atoms with Crippen molar-refractivity contribution in [3.05, 3.63) is 42.2 Å². The molecule has 0 saturated carbocycles. The van der Waals surface area contributed by atoms with Gasteiger partial charge in [0.2, 0.25) is 0 Å². The summed E-state index contributed by atoms with van der Waals surface area (Å²) >= 11 is 0. The normalized spacial score (nSPS) is 11.0. The molecule has 0 unspecified atom stereocenters. The first-order valence-corrected chi connectivity index (χ1v) is 7.26. The number of rotatable bonds is 5. The van der Waals surface area contributed by atoms with Gasteiger partial charge in [-0.05, 0) is 12.1 Å². The summed E-state index contributed by atoms with van der Waals surface area (Å²) in [6.45, 7) is 1.01. The third-order valence-corrected chi connectivity index (χ3v) is 3.69. The molecule has 0 atom stereocenters. The van der Waals surface area contributed by atoms with Crippen molar-refractivity contribution in [2.45, 2.75) is 6.54 Å². The van der Waals surface area contributed by atoms with E-state index in [1.54, 1.807) is 20.3 Å². The highest BCUT2D eigenvalue weighted by molar-refractivity contribution is 5.84. The number of fused-ring (bicyclic) bond motifs is 1. The van der Waals surface area contributed by atoms with Crippen molar-refractivity contribution in [3.63, 3.8) is 0 Å². The topological polar surface area (TPSA) is 62.3 Å². The van der Waals surface area contributed by atoms with Gasteiger partial charge in [0.05, 0.1) is 25.3 Å². The molecule has 3 aromatic rings. The maximum atomic E-state index is 13.6. The SMILES string of the molecule is COc1cc2nc(-c3cccc(F)c3)n(CCN)c2cc1OC. The van der Waals surface area contributed by atoms with E-state index >= 15 is 0 Å². The molecule has 0 saturated heterocycles. The second kappa shape index (κ2) is 6.26. The summed E-state index contributed by atoms with van der Waals surface area (Å²) in [7, 11) is 3.16. The van der Waals surface area contributed by atoms with Gasteiger partial charge in [0.1, 0.15) is 11.6 Å². The number of nitrogens with zero attached hydrogens (tertiary/aromatic N) is 2. The molecule has 0 aliphatic carbocycles. The van der Waals surface area contributed by atoms with E-state index in [1.807, 2.05) is 22.8 Å². The molecule has 0 radical (unpaired) electrons. The van der Waals surface area contributed by atoms with Crippen LogP contribution in [0.15, 0.2) is 36.4 Å². The number of halogens is 1. The summed E-state index contributed by atoms with van der Waals surface area (Å²) in [6, 6.07) is 10.0. The summed E-state index contributed by atoms with van der Waals surface area (Å²) in [6.07, 6.45) is 0. The third-order valence-electron chi connectivity index (χ3n) is 3.69. The zero-order chi connectivity index (χ0) is 16.4. The van der Waals surface area contributed by atoms with Crippen LogP contribution in [0, 0.1) is 5.82 Å². The molecule has 0 aliphatic rings. The van der Waals surface area contributed by atoms with Gasteiger partial charge in [-0.3, -0.25) is 0 Å². The summed E-state index contributed by atoms with van der Waals surface area (Å²) in [5.41, 5.74) is 8.05. The molecule has 3 rings (SSSR count). The molecule has 2 N–H and O–H groups in total. The van der Waals surface area contributed by atoms with E-state index in [9.17, 15) is 4.39 Å². The van der Waals surface area contributed by atoms with Crippen LogP contribution in [0.2, 0.25) is 0 Å². The van der Waals surface area contributed by atoms with Crippen molar-refractivity contribution >= 4 is 11.0 Å². The second-order valence-electron chi connectivity index (χ2n) is 5.08. The summed E-state index contributed by atoms with van der Waals surface area (Å²) in [5.74, 6) is 1.58. The first kappa shape index (κ1) is 15.3. The van der Waals surface area contributed by atoms with E-state index in [1.165, 1.54) is 12.1 Å². The molecular weight excluding hydrogens is 297 g/mol. The molecule has 0 bridgehead atoms. The molecule has 120 valence electrons. The molecule has 0 aliphatic heterocycles. The standard InChI is InChI=1S/C17H18FN3O2/c1-22-15-9-13-14(10-16(15)23-2)21(7-6-19)17(20-13)11-4-3-5-12(18)8-11/h3-5,8-10H,6-7,19H2,1-2H3. The maximum absolute atomic E-state index is 13.6. The lowest BCUT2D eigenvalue weighted by molar-refractivity contribution is 0.355. The van der Waals surface area contributed by atoms with Crippen LogP contribution in [0.1, 0.15) is 0 Å². The number of hydrogen-bond acceptors (Lipinski definition) is 4. The van der Waals surface area contributed by atoms with Gasteiger partial charge in [0.25, 0.3) is 0 Å². The minimum atomic E-state index is -0.302. The minimum absolute atomic E-state index is 0.302. The second-order valence-corrected chi connectivity index (χ2v) is 5.08. The van der Waals surface area contributed by atoms with Crippen LogP contribution < -0.4 is 15.2 Å². The van der Waals surface area contributed by atoms with E-state index in [2.05, 4.69) is 4.98 Å². The van der Waals surface area contributed by atoms with E-state index in [0.29, 0.717) is 36.0 Å². The summed E-state index contributed by atoms with van der Waals surface area (Å²) < 4.78 is 26.2. The maximum Gasteiger partial charge on any atom is 0.163 e. The van der Waals surface area contributed by atoms with Gasteiger partial charge in [-0.25, -0.2) is 9.37 Å². The molecule has 6 heteroatoms. The molecule has 2 aromatic carbocycles. The predicted octanol–water partition coefficient (Wildman–Crippen LogP) is 2.82. The van der Waals surface area contributed by atoms with Crippen LogP contribution in [-0.2, 0) is 6.54 Å². The predicted molar refractivity (Wildman–Crippen MR) is 87.3 cm³/mol. The number of methoxy groups -OCH3 is 2. The number of nitrogens with two attached hydrogens (primary N) is 1. The number of hydrogen-bond donors (Lipinski definition) is 1. The Bertz CT molecular complexity index is 845. The van der Waals surface area contributed by atoms with Gasteiger partial charge in [0.15, 0.2) is 11.5 Å². The van der Waals surface area contributed by atoms with Crippen LogP contribution in [0.25, 0.3) is 22.4 Å². The highest BCUT2D eigenvalue weighted by Gasteiger charge is 2.16. The lowest BCUT2D eigenvalue weighted by atomic mass is 10.2. The van der Waals surface area contributed by atoms with Crippen molar-refractivity contribution in [1.82, 2.24) is 9.55 Å². The molecule has 0 amide bonds. The Labute approximate surface area is 133 Å². The van der Waals surface area contributed by atoms with E-state index < -0.39 is 0 Å². The fraction of sp³-hybridized carbons (Fsp3) is 0.235. The van der Waals surface area contributed by atoms with Crippen LogP contribution in [-0.4, -0.2) is 30.3 Å². The smallest absolute Gasteiger partial charge is 0.163 e. The van der Waals surface area contributed by atoms with E-state index in [-0.39, 0.29) is 5.82 Å². The fourth-order valence-electron chi connectivity index (χ4n) is 2.66. The number of ether oxygens (including phenoxy) is 2. The Hall–Kier alpha value is -2.60. The van der Waals surface area contributed by atoms with Crippen molar-refractivity contribution in [2.24, 2.45) is 5.73 Å². The average Bonchev–Trinajstić information content (AvgIpc) is 2.91. The molecule has 0 fully saturated rings.